The Hall–Kier alpha value is -2.10. The highest BCUT2D eigenvalue weighted by atomic mass is 32.1. The molecule has 1 unspecified atom stereocenters. The summed E-state index contributed by atoms with van der Waals surface area (Å²) in [6.45, 7) is 4.55. The van der Waals surface area contributed by atoms with Crippen molar-refractivity contribution in [1.82, 2.24) is 20.2 Å². The summed E-state index contributed by atoms with van der Waals surface area (Å²) in [7, 11) is 0. The largest absolute Gasteiger partial charge is 0.378 e. The second kappa shape index (κ2) is 8.73. The van der Waals surface area contributed by atoms with Crippen LogP contribution in [0.25, 0.3) is 10.6 Å². The van der Waals surface area contributed by atoms with Gasteiger partial charge >= 0.3 is 0 Å². The van der Waals surface area contributed by atoms with Crippen molar-refractivity contribution in [2.24, 2.45) is 0 Å². The van der Waals surface area contributed by atoms with E-state index in [-0.39, 0.29) is 24.5 Å². The number of amides is 1. The summed E-state index contributed by atoms with van der Waals surface area (Å²) >= 11 is 1.62. The lowest BCUT2D eigenvalue weighted by Crippen LogP contribution is -2.58. The number of anilines is 1. The van der Waals surface area contributed by atoms with Crippen LogP contribution < -0.4 is 10.6 Å². The molecule has 1 atom stereocenters. The van der Waals surface area contributed by atoms with Crippen molar-refractivity contribution in [3.05, 3.63) is 29.9 Å². The number of alkyl halides is 1. The van der Waals surface area contributed by atoms with Crippen molar-refractivity contribution in [2.75, 3.05) is 38.2 Å². The lowest BCUT2D eigenvalue weighted by molar-refractivity contribution is -0.133. The fourth-order valence-corrected chi connectivity index (χ4v) is 4.59. The maximum atomic E-state index is 14.9. The van der Waals surface area contributed by atoms with E-state index in [0.717, 1.165) is 23.7 Å². The first-order valence-corrected chi connectivity index (χ1v) is 10.9. The third-order valence-corrected chi connectivity index (χ3v) is 6.44. The van der Waals surface area contributed by atoms with Crippen molar-refractivity contribution < 1.29 is 13.9 Å². The van der Waals surface area contributed by atoms with E-state index in [1.54, 1.807) is 11.3 Å². The van der Waals surface area contributed by atoms with Gasteiger partial charge in [0, 0.05) is 31.5 Å². The van der Waals surface area contributed by atoms with Gasteiger partial charge in [-0.3, -0.25) is 9.69 Å². The van der Waals surface area contributed by atoms with Crippen molar-refractivity contribution in [3.63, 3.8) is 0 Å². The third-order valence-electron chi connectivity index (χ3n) is 5.54. The summed E-state index contributed by atoms with van der Waals surface area (Å²) in [4.78, 5) is 24.1. The number of hydrogen-bond donors (Lipinski definition) is 2. The van der Waals surface area contributed by atoms with Gasteiger partial charge in [-0.15, -0.1) is 11.3 Å². The average molecular weight is 420 g/mol. The zero-order valence-electron chi connectivity index (χ0n) is 16.4. The van der Waals surface area contributed by atoms with Gasteiger partial charge in [0.05, 0.1) is 30.3 Å². The standard InChI is InChI=1S/C20H26FN5O2S/c1-2-26-5-6-28-11-16(26)19(27)22-12-20(21)9-14(10-20)25-18-8-15(23-13-24-18)17-4-3-7-29-17/h3-4,7-8,13-14,16H,2,5-6,9-12H2,1H3,(H,22,27)(H,23,24,25). The van der Waals surface area contributed by atoms with Crippen molar-refractivity contribution in [2.45, 2.75) is 37.5 Å². The van der Waals surface area contributed by atoms with Gasteiger partial charge in [0.25, 0.3) is 0 Å². The van der Waals surface area contributed by atoms with E-state index in [2.05, 4.69) is 25.5 Å². The Morgan fingerprint density at radius 1 is 1.45 bits per heavy atom. The predicted molar refractivity (Wildman–Crippen MR) is 111 cm³/mol. The molecule has 2 aromatic rings. The summed E-state index contributed by atoms with van der Waals surface area (Å²) in [5, 5.41) is 8.06. The summed E-state index contributed by atoms with van der Waals surface area (Å²) in [6.07, 6.45) is 2.19. The molecule has 2 aliphatic rings. The van der Waals surface area contributed by atoms with Crippen LogP contribution in [0.2, 0.25) is 0 Å². The lowest BCUT2D eigenvalue weighted by atomic mass is 9.77. The molecule has 0 bridgehead atoms. The highest BCUT2D eigenvalue weighted by Gasteiger charge is 2.45. The van der Waals surface area contributed by atoms with Gasteiger partial charge in [0.2, 0.25) is 5.91 Å². The molecule has 0 radical (unpaired) electrons. The molecule has 7 nitrogen and oxygen atoms in total. The fraction of sp³-hybridized carbons (Fsp3) is 0.550. The van der Waals surface area contributed by atoms with E-state index >= 15 is 0 Å². The Bertz CT molecular complexity index is 828. The van der Waals surface area contributed by atoms with E-state index in [0.29, 0.717) is 31.9 Å². The molecule has 1 saturated carbocycles. The van der Waals surface area contributed by atoms with Crippen LogP contribution in [0.15, 0.2) is 29.9 Å². The topological polar surface area (TPSA) is 79.4 Å². The number of ether oxygens (including phenoxy) is 1. The minimum Gasteiger partial charge on any atom is -0.378 e. The Labute approximate surface area is 173 Å². The predicted octanol–water partition coefficient (Wildman–Crippen LogP) is 2.32. The smallest absolute Gasteiger partial charge is 0.239 e. The van der Waals surface area contributed by atoms with Gasteiger partial charge in [-0.1, -0.05) is 13.0 Å². The Morgan fingerprint density at radius 2 is 2.31 bits per heavy atom. The number of thiophene rings is 1. The third kappa shape index (κ3) is 4.73. The first-order valence-electron chi connectivity index (χ1n) is 9.97. The number of halogens is 1. The van der Waals surface area contributed by atoms with E-state index in [1.165, 1.54) is 6.33 Å². The molecule has 9 heteroatoms. The van der Waals surface area contributed by atoms with Gasteiger partial charge in [0.1, 0.15) is 23.9 Å². The number of morpholine rings is 1. The quantitative estimate of drug-likeness (QED) is 0.717. The van der Waals surface area contributed by atoms with Crippen LogP contribution >= 0.6 is 11.3 Å². The highest BCUT2D eigenvalue weighted by Crippen LogP contribution is 2.37. The minimum absolute atomic E-state index is 0.00635. The second-order valence-corrected chi connectivity index (χ2v) is 8.55. The van der Waals surface area contributed by atoms with Gasteiger partial charge < -0.3 is 15.4 Å². The number of rotatable bonds is 7. The Kier molecular flexibility index (Phi) is 6.07. The molecule has 4 rings (SSSR count). The molecule has 156 valence electrons. The van der Waals surface area contributed by atoms with Gasteiger partial charge in [-0.25, -0.2) is 14.4 Å². The fourth-order valence-electron chi connectivity index (χ4n) is 3.90. The van der Waals surface area contributed by atoms with Crippen LogP contribution in [0.3, 0.4) is 0 Å². The zero-order chi connectivity index (χ0) is 20.3. The molecule has 2 fully saturated rings. The van der Waals surface area contributed by atoms with Crippen LogP contribution in [0.5, 0.6) is 0 Å². The molecule has 2 N–H and O–H groups in total. The number of nitrogens with zero attached hydrogens (tertiary/aromatic N) is 3. The molecule has 29 heavy (non-hydrogen) atoms. The van der Waals surface area contributed by atoms with Gasteiger partial charge in [-0.2, -0.15) is 0 Å². The van der Waals surface area contributed by atoms with Crippen molar-refractivity contribution in [1.29, 1.82) is 0 Å². The number of carbonyl (C=O) groups is 1. The maximum Gasteiger partial charge on any atom is 0.239 e. The molecule has 0 spiro atoms. The van der Waals surface area contributed by atoms with Gasteiger partial charge in [0.15, 0.2) is 0 Å². The van der Waals surface area contributed by atoms with Crippen molar-refractivity contribution >= 4 is 23.1 Å². The van der Waals surface area contributed by atoms with Crippen LogP contribution in [0.1, 0.15) is 19.8 Å². The van der Waals surface area contributed by atoms with E-state index in [9.17, 15) is 9.18 Å². The number of likely N-dealkylation sites (N-methyl/N-ethyl adjacent to an activating group) is 1. The number of nitrogens with one attached hydrogen (secondary N) is 2. The molecule has 2 aromatic heterocycles. The summed E-state index contributed by atoms with van der Waals surface area (Å²) < 4.78 is 20.3. The zero-order valence-corrected chi connectivity index (χ0v) is 17.3. The number of aromatic nitrogens is 2. The monoisotopic (exact) mass is 419 g/mol. The van der Waals surface area contributed by atoms with Crippen LogP contribution in [0.4, 0.5) is 10.2 Å². The van der Waals surface area contributed by atoms with E-state index in [1.807, 2.05) is 30.5 Å². The van der Waals surface area contributed by atoms with E-state index in [4.69, 9.17) is 4.74 Å². The molecule has 1 aliphatic carbocycles. The number of carbonyl (C=O) groups excluding carboxylic acids is 1. The molecule has 1 amide bonds. The second-order valence-electron chi connectivity index (χ2n) is 7.60. The first kappa shape index (κ1) is 20.2. The van der Waals surface area contributed by atoms with Crippen LogP contribution in [0, 0.1) is 0 Å². The lowest BCUT2D eigenvalue weighted by Gasteiger charge is -2.42. The molecule has 0 aromatic carbocycles. The highest BCUT2D eigenvalue weighted by molar-refractivity contribution is 7.13. The molecular formula is C20H26FN5O2S. The summed E-state index contributed by atoms with van der Waals surface area (Å²) in [6, 6.07) is 5.53. The van der Waals surface area contributed by atoms with Crippen molar-refractivity contribution in [3.8, 4) is 10.6 Å². The minimum atomic E-state index is -1.39. The maximum absolute atomic E-state index is 14.9. The molecule has 3 heterocycles. The Morgan fingerprint density at radius 3 is 3.07 bits per heavy atom. The number of hydrogen-bond acceptors (Lipinski definition) is 7. The molecule has 1 saturated heterocycles. The van der Waals surface area contributed by atoms with Crippen LogP contribution in [-0.2, 0) is 9.53 Å². The molecular weight excluding hydrogens is 393 g/mol. The summed E-state index contributed by atoms with van der Waals surface area (Å²) in [5.41, 5.74) is -0.533. The average Bonchev–Trinajstić information content (AvgIpc) is 3.26. The summed E-state index contributed by atoms with van der Waals surface area (Å²) in [5.74, 6) is 0.536. The normalized spacial score (nSPS) is 27.2. The first-order chi connectivity index (χ1) is 14.1. The van der Waals surface area contributed by atoms with Gasteiger partial charge in [-0.05, 0) is 18.0 Å². The van der Waals surface area contributed by atoms with E-state index < -0.39 is 5.67 Å². The SMILES string of the molecule is CCN1CCOCC1C(=O)NCC1(F)CC(Nc2cc(-c3cccs3)ncn2)C1. The molecule has 1 aliphatic heterocycles. The Balaban J connectivity index is 1.26. The van der Waals surface area contributed by atoms with Crippen LogP contribution in [-0.4, -0.2) is 71.4 Å².